The summed E-state index contributed by atoms with van der Waals surface area (Å²) in [5, 5.41) is 0. The number of thiol groups is 1. The molecule has 1 aromatic carbocycles. The van der Waals surface area contributed by atoms with Crippen LogP contribution in [0.25, 0.3) is 0 Å². The maximum absolute atomic E-state index is 4.30. The van der Waals surface area contributed by atoms with E-state index in [1.54, 1.807) is 16.7 Å². The molecule has 0 heterocycles. The fourth-order valence-corrected chi connectivity index (χ4v) is 4.96. The minimum atomic E-state index is 0.805. The van der Waals surface area contributed by atoms with Gasteiger partial charge >= 0.3 is 0 Å². The Bertz CT molecular complexity index is 491. The maximum Gasteiger partial charge on any atom is -0.00979 e. The second kappa shape index (κ2) is 11.3. The lowest BCUT2D eigenvalue weighted by Crippen LogP contribution is -2.23. The fourth-order valence-electron chi connectivity index (χ4n) is 4.74. The predicted molar refractivity (Wildman–Crippen MR) is 116 cm³/mol. The number of hydrogen-bond acceptors (Lipinski definition) is 1. The predicted octanol–water partition coefficient (Wildman–Crippen LogP) is 7.74. The van der Waals surface area contributed by atoms with Crippen molar-refractivity contribution < 1.29 is 0 Å². The zero-order chi connectivity index (χ0) is 18.1. The molecule has 3 atom stereocenters. The highest BCUT2D eigenvalue weighted by atomic mass is 32.1. The van der Waals surface area contributed by atoms with E-state index in [-0.39, 0.29) is 0 Å². The van der Waals surface area contributed by atoms with Crippen LogP contribution in [0.1, 0.15) is 101 Å². The summed E-state index contributed by atoms with van der Waals surface area (Å²) in [6.45, 7) is 7.14. The lowest BCUT2D eigenvalue weighted by molar-refractivity contribution is 0.232. The van der Waals surface area contributed by atoms with Gasteiger partial charge in [0.1, 0.15) is 0 Å². The zero-order valence-electron chi connectivity index (χ0n) is 16.9. The molecule has 1 saturated carbocycles. The van der Waals surface area contributed by atoms with Crippen LogP contribution in [0.15, 0.2) is 18.2 Å². The monoisotopic (exact) mass is 360 g/mol. The normalized spacial score (nSPS) is 23.8. The van der Waals surface area contributed by atoms with Gasteiger partial charge in [-0.05, 0) is 85.6 Å². The van der Waals surface area contributed by atoms with Gasteiger partial charge in [-0.25, -0.2) is 0 Å². The van der Waals surface area contributed by atoms with E-state index in [0.717, 1.165) is 23.5 Å². The smallest absolute Gasteiger partial charge is 0.00979 e. The van der Waals surface area contributed by atoms with Crippen molar-refractivity contribution in [1.82, 2.24) is 0 Å². The first kappa shape index (κ1) is 20.9. The summed E-state index contributed by atoms with van der Waals surface area (Å²) < 4.78 is 0. The third-order valence-corrected chi connectivity index (χ3v) is 6.61. The molecule has 0 amide bonds. The molecule has 2 unspecified atom stereocenters. The summed E-state index contributed by atoms with van der Waals surface area (Å²) in [4.78, 5) is 0. The third kappa shape index (κ3) is 6.66. The highest BCUT2D eigenvalue weighted by molar-refractivity contribution is 7.80. The van der Waals surface area contributed by atoms with Crippen molar-refractivity contribution in [3.8, 4) is 0 Å². The first-order valence-electron chi connectivity index (χ1n) is 10.9. The van der Waals surface area contributed by atoms with E-state index in [2.05, 4.69) is 51.6 Å². The quantitative estimate of drug-likeness (QED) is 0.320. The summed E-state index contributed by atoms with van der Waals surface area (Å²) >= 11 is 4.30. The van der Waals surface area contributed by atoms with Crippen LogP contribution in [-0.2, 0) is 6.42 Å². The second-order valence-corrected chi connectivity index (χ2v) is 8.95. The first-order valence-corrected chi connectivity index (χ1v) is 11.5. The molecule has 0 spiro atoms. The van der Waals surface area contributed by atoms with Crippen LogP contribution >= 0.6 is 12.6 Å². The minimum absolute atomic E-state index is 0.805. The summed E-state index contributed by atoms with van der Waals surface area (Å²) in [6, 6.07) is 7.40. The second-order valence-electron chi connectivity index (χ2n) is 8.51. The molecule has 0 aromatic heterocycles. The van der Waals surface area contributed by atoms with Gasteiger partial charge in [-0.2, -0.15) is 12.6 Å². The van der Waals surface area contributed by atoms with Crippen molar-refractivity contribution in [2.75, 3.05) is 5.75 Å². The molecule has 0 nitrogen and oxygen atoms in total. The summed E-state index contributed by atoms with van der Waals surface area (Å²) in [5.41, 5.74) is 4.75. The molecular formula is C24H40S. The molecule has 0 N–H and O–H groups in total. The van der Waals surface area contributed by atoms with Gasteiger partial charge in [0.05, 0.1) is 0 Å². The molecule has 0 radical (unpaired) electrons. The molecule has 1 fully saturated rings. The van der Waals surface area contributed by atoms with E-state index in [1.807, 2.05) is 0 Å². The summed E-state index contributed by atoms with van der Waals surface area (Å²) in [5.74, 6) is 3.66. The zero-order valence-corrected chi connectivity index (χ0v) is 17.8. The van der Waals surface area contributed by atoms with Gasteiger partial charge < -0.3 is 0 Å². The van der Waals surface area contributed by atoms with Gasteiger partial charge in [0.25, 0.3) is 0 Å². The number of benzene rings is 1. The Kier molecular flexibility index (Phi) is 9.45. The van der Waals surface area contributed by atoms with Crippen molar-refractivity contribution in [3.05, 3.63) is 34.9 Å². The van der Waals surface area contributed by atoms with Crippen molar-refractivity contribution in [3.63, 3.8) is 0 Å². The largest absolute Gasteiger partial charge is 0.179 e. The average Bonchev–Trinajstić information content (AvgIpc) is 2.60. The number of unbranched alkanes of at least 4 members (excludes halogenated alkanes) is 4. The molecule has 0 aliphatic heterocycles. The lowest BCUT2D eigenvalue weighted by atomic mass is 9.69. The van der Waals surface area contributed by atoms with Gasteiger partial charge in [0.15, 0.2) is 0 Å². The highest BCUT2D eigenvalue weighted by Crippen LogP contribution is 2.43. The third-order valence-electron chi connectivity index (χ3n) is 6.29. The maximum atomic E-state index is 4.30. The van der Waals surface area contributed by atoms with Crippen LogP contribution in [0.4, 0.5) is 0 Å². The topological polar surface area (TPSA) is 0 Å². The molecular weight excluding hydrogens is 320 g/mol. The van der Waals surface area contributed by atoms with E-state index in [4.69, 9.17) is 0 Å². The van der Waals surface area contributed by atoms with Gasteiger partial charge in [0.2, 0.25) is 0 Å². The van der Waals surface area contributed by atoms with E-state index in [1.165, 1.54) is 70.6 Å². The van der Waals surface area contributed by atoms with Crippen molar-refractivity contribution >= 4 is 12.6 Å². The van der Waals surface area contributed by atoms with Crippen LogP contribution in [-0.4, -0.2) is 5.75 Å². The Labute approximate surface area is 162 Å². The number of hydrogen-bond donors (Lipinski definition) is 1. The van der Waals surface area contributed by atoms with E-state index in [0.29, 0.717) is 0 Å². The summed E-state index contributed by atoms with van der Waals surface area (Å²) in [7, 11) is 0. The van der Waals surface area contributed by atoms with Crippen LogP contribution in [0.5, 0.6) is 0 Å². The lowest BCUT2D eigenvalue weighted by Gasteiger charge is -2.36. The van der Waals surface area contributed by atoms with Gasteiger partial charge in [-0.15, -0.1) is 0 Å². The Morgan fingerprint density at radius 1 is 1.04 bits per heavy atom. The molecule has 0 bridgehead atoms. The highest BCUT2D eigenvalue weighted by Gasteiger charge is 2.30. The number of aryl methyl sites for hydroxylation is 2. The molecule has 2 rings (SSSR count). The molecule has 1 aromatic rings. The SMILES string of the molecule is CCCCC1CC[C@@H](C)CC1c1ccc(CCCCCCS)cc1C. The molecule has 25 heavy (non-hydrogen) atoms. The molecule has 1 aliphatic rings. The molecule has 142 valence electrons. The Morgan fingerprint density at radius 3 is 2.56 bits per heavy atom. The van der Waals surface area contributed by atoms with Gasteiger partial charge in [0, 0.05) is 0 Å². The number of rotatable bonds is 10. The van der Waals surface area contributed by atoms with Crippen molar-refractivity contribution in [2.24, 2.45) is 11.8 Å². The molecule has 0 saturated heterocycles. The van der Waals surface area contributed by atoms with Crippen molar-refractivity contribution in [1.29, 1.82) is 0 Å². The van der Waals surface area contributed by atoms with Crippen LogP contribution in [0, 0.1) is 18.8 Å². The first-order chi connectivity index (χ1) is 12.2. The van der Waals surface area contributed by atoms with Gasteiger partial charge in [-0.1, -0.05) is 64.2 Å². The standard InChI is InChI=1S/C24H40S/c1-4-5-11-22-14-12-19(2)17-24(22)23-15-13-21(18-20(23)3)10-8-6-7-9-16-25/h13,15,18-19,22,24-25H,4-12,14,16-17H2,1-3H3/t19-,22?,24?/m1/s1. The van der Waals surface area contributed by atoms with Crippen LogP contribution < -0.4 is 0 Å². The Morgan fingerprint density at radius 2 is 1.84 bits per heavy atom. The molecule has 1 heteroatoms. The van der Waals surface area contributed by atoms with Gasteiger partial charge in [-0.3, -0.25) is 0 Å². The van der Waals surface area contributed by atoms with Crippen LogP contribution in [0.2, 0.25) is 0 Å². The van der Waals surface area contributed by atoms with Crippen molar-refractivity contribution in [2.45, 2.75) is 97.3 Å². The van der Waals surface area contributed by atoms with E-state index < -0.39 is 0 Å². The van der Waals surface area contributed by atoms with E-state index >= 15 is 0 Å². The fraction of sp³-hybridized carbons (Fsp3) is 0.750. The Hall–Kier alpha value is -0.430. The summed E-state index contributed by atoms with van der Waals surface area (Å²) in [6.07, 6.45) is 15.0. The average molecular weight is 361 g/mol. The Balaban J connectivity index is 1.99. The van der Waals surface area contributed by atoms with Crippen LogP contribution in [0.3, 0.4) is 0 Å². The molecule has 1 aliphatic carbocycles. The van der Waals surface area contributed by atoms with E-state index in [9.17, 15) is 0 Å². The minimum Gasteiger partial charge on any atom is -0.179 e.